The van der Waals surface area contributed by atoms with E-state index in [-0.39, 0.29) is 5.92 Å². The van der Waals surface area contributed by atoms with Gasteiger partial charge in [0.2, 0.25) is 0 Å². The fraction of sp³-hybridized carbons (Fsp3) is 0.462. The van der Waals surface area contributed by atoms with E-state index in [4.69, 9.17) is 15.2 Å². The number of ether oxygens (including phenoxy) is 2. The second-order valence-corrected chi connectivity index (χ2v) is 4.51. The average Bonchev–Trinajstić information content (AvgIpc) is 3.21. The molecule has 18 heavy (non-hydrogen) atoms. The first-order valence-electron chi connectivity index (χ1n) is 5.78. The number of carboxylic acid groups (broad SMARTS) is 1. The van der Waals surface area contributed by atoms with Crippen LogP contribution in [-0.4, -0.2) is 25.3 Å². The molecule has 1 saturated carbocycles. The van der Waals surface area contributed by atoms with Crippen molar-refractivity contribution in [2.45, 2.75) is 18.4 Å². The molecule has 1 aromatic carbocycles. The van der Waals surface area contributed by atoms with Gasteiger partial charge in [0, 0.05) is 11.6 Å². The lowest BCUT2D eigenvalue weighted by Gasteiger charge is -2.27. The molecule has 3 N–H and O–H groups in total. The van der Waals surface area contributed by atoms with Gasteiger partial charge >= 0.3 is 5.97 Å². The van der Waals surface area contributed by atoms with E-state index < -0.39 is 11.5 Å². The van der Waals surface area contributed by atoms with Crippen LogP contribution in [0.3, 0.4) is 0 Å². The highest BCUT2D eigenvalue weighted by Gasteiger charge is 2.51. The molecular weight excluding hydrogens is 234 g/mol. The molecule has 1 aliphatic rings. The van der Waals surface area contributed by atoms with Gasteiger partial charge in [-0.05, 0) is 30.9 Å². The molecule has 0 aliphatic heterocycles. The molecule has 98 valence electrons. The van der Waals surface area contributed by atoms with Crippen LogP contribution in [0.5, 0.6) is 11.5 Å². The molecule has 1 aromatic rings. The molecule has 0 spiro atoms. The molecule has 0 bridgehead atoms. The quantitative estimate of drug-likeness (QED) is 0.825. The fourth-order valence-corrected chi connectivity index (χ4v) is 2.19. The zero-order valence-corrected chi connectivity index (χ0v) is 10.5. The van der Waals surface area contributed by atoms with Crippen LogP contribution in [-0.2, 0) is 10.3 Å². The van der Waals surface area contributed by atoms with E-state index in [9.17, 15) is 9.90 Å². The minimum Gasteiger partial charge on any atom is -0.497 e. The van der Waals surface area contributed by atoms with E-state index >= 15 is 0 Å². The lowest BCUT2D eigenvalue weighted by Crippen LogP contribution is -2.47. The number of benzene rings is 1. The van der Waals surface area contributed by atoms with Crippen LogP contribution in [0.15, 0.2) is 18.2 Å². The monoisotopic (exact) mass is 251 g/mol. The number of rotatable bonds is 5. The smallest absolute Gasteiger partial charge is 0.328 e. The van der Waals surface area contributed by atoms with E-state index in [0.29, 0.717) is 17.1 Å². The summed E-state index contributed by atoms with van der Waals surface area (Å²) in [7, 11) is 3.04. The summed E-state index contributed by atoms with van der Waals surface area (Å²) in [6.07, 6.45) is 1.66. The summed E-state index contributed by atoms with van der Waals surface area (Å²) < 4.78 is 10.3. The van der Waals surface area contributed by atoms with E-state index in [1.165, 1.54) is 7.11 Å². The van der Waals surface area contributed by atoms with Gasteiger partial charge in [-0.15, -0.1) is 0 Å². The van der Waals surface area contributed by atoms with Crippen molar-refractivity contribution in [1.82, 2.24) is 0 Å². The Bertz CT molecular complexity index is 470. The van der Waals surface area contributed by atoms with E-state index in [1.54, 1.807) is 25.3 Å². The molecule has 0 radical (unpaired) electrons. The lowest BCUT2D eigenvalue weighted by atomic mass is 9.85. The van der Waals surface area contributed by atoms with Crippen molar-refractivity contribution in [3.63, 3.8) is 0 Å². The van der Waals surface area contributed by atoms with E-state index in [1.807, 2.05) is 0 Å². The first-order valence-corrected chi connectivity index (χ1v) is 5.78. The summed E-state index contributed by atoms with van der Waals surface area (Å²) in [6.45, 7) is 0. The first kappa shape index (κ1) is 12.7. The number of carbonyl (C=O) groups is 1. The van der Waals surface area contributed by atoms with Crippen LogP contribution in [0.1, 0.15) is 18.4 Å². The minimum absolute atomic E-state index is 0.0303. The zero-order chi connectivity index (χ0) is 13.3. The second kappa shape index (κ2) is 4.49. The van der Waals surface area contributed by atoms with Crippen LogP contribution < -0.4 is 15.2 Å². The summed E-state index contributed by atoms with van der Waals surface area (Å²) in [6, 6.07) is 5.02. The van der Waals surface area contributed by atoms with Crippen LogP contribution in [0.4, 0.5) is 0 Å². The Labute approximate surface area is 106 Å². The van der Waals surface area contributed by atoms with Crippen molar-refractivity contribution < 1.29 is 19.4 Å². The third-order valence-electron chi connectivity index (χ3n) is 3.43. The largest absolute Gasteiger partial charge is 0.497 e. The average molecular weight is 251 g/mol. The predicted octanol–water partition coefficient (Wildman–Crippen LogP) is 1.35. The molecule has 0 saturated heterocycles. The van der Waals surface area contributed by atoms with Gasteiger partial charge < -0.3 is 20.3 Å². The molecule has 2 rings (SSSR count). The molecule has 0 amide bonds. The summed E-state index contributed by atoms with van der Waals surface area (Å²) in [5, 5.41) is 9.43. The van der Waals surface area contributed by atoms with Crippen molar-refractivity contribution in [1.29, 1.82) is 0 Å². The Morgan fingerprint density at radius 1 is 1.39 bits per heavy atom. The number of carboxylic acids is 1. The standard InChI is InChI=1S/C13H17NO4/c1-17-9-5-6-10(11(7-9)18-2)13(14,12(15)16)8-3-4-8/h5-8H,3-4,14H2,1-2H3,(H,15,16). The van der Waals surface area contributed by atoms with Gasteiger partial charge in [0.05, 0.1) is 14.2 Å². The number of hydrogen-bond donors (Lipinski definition) is 2. The lowest BCUT2D eigenvalue weighted by molar-refractivity contribution is -0.144. The molecule has 5 heteroatoms. The normalized spacial score (nSPS) is 17.9. The maximum absolute atomic E-state index is 11.5. The van der Waals surface area contributed by atoms with Crippen molar-refractivity contribution >= 4 is 5.97 Å². The molecular formula is C13H17NO4. The Kier molecular flexibility index (Phi) is 3.17. The topological polar surface area (TPSA) is 81.8 Å². The summed E-state index contributed by atoms with van der Waals surface area (Å²) in [4.78, 5) is 11.5. The molecule has 5 nitrogen and oxygen atoms in total. The van der Waals surface area contributed by atoms with Crippen molar-refractivity contribution in [3.05, 3.63) is 23.8 Å². The van der Waals surface area contributed by atoms with Gasteiger partial charge in [-0.3, -0.25) is 0 Å². The molecule has 1 fully saturated rings. The Hall–Kier alpha value is -1.75. The van der Waals surface area contributed by atoms with Gasteiger partial charge in [-0.1, -0.05) is 0 Å². The maximum Gasteiger partial charge on any atom is 0.328 e. The van der Waals surface area contributed by atoms with Crippen LogP contribution in [0, 0.1) is 5.92 Å². The third-order valence-corrected chi connectivity index (χ3v) is 3.43. The highest BCUT2D eigenvalue weighted by Crippen LogP contribution is 2.47. The van der Waals surface area contributed by atoms with Gasteiger partial charge in [-0.2, -0.15) is 0 Å². The minimum atomic E-state index is -1.38. The summed E-state index contributed by atoms with van der Waals surface area (Å²) >= 11 is 0. The predicted molar refractivity (Wildman–Crippen MR) is 65.8 cm³/mol. The van der Waals surface area contributed by atoms with Crippen molar-refractivity contribution in [2.24, 2.45) is 11.7 Å². The van der Waals surface area contributed by atoms with Crippen LogP contribution in [0.25, 0.3) is 0 Å². The molecule has 1 atom stereocenters. The molecule has 0 aromatic heterocycles. The number of methoxy groups -OCH3 is 2. The summed E-state index contributed by atoms with van der Waals surface area (Å²) in [5.74, 6) is 0.0102. The highest BCUT2D eigenvalue weighted by atomic mass is 16.5. The van der Waals surface area contributed by atoms with Crippen LogP contribution >= 0.6 is 0 Å². The third kappa shape index (κ3) is 1.90. The Morgan fingerprint density at radius 3 is 2.50 bits per heavy atom. The van der Waals surface area contributed by atoms with E-state index in [0.717, 1.165) is 12.8 Å². The zero-order valence-electron chi connectivity index (χ0n) is 10.5. The molecule has 1 aliphatic carbocycles. The number of hydrogen-bond acceptors (Lipinski definition) is 4. The van der Waals surface area contributed by atoms with Crippen LogP contribution in [0.2, 0.25) is 0 Å². The van der Waals surface area contributed by atoms with Crippen molar-refractivity contribution in [3.8, 4) is 11.5 Å². The summed E-state index contributed by atoms with van der Waals surface area (Å²) in [5.41, 5.74) is 5.24. The van der Waals surface area contributed by atoms with Gasteiger partial charge in [0.25, 0.3) is 0 Å². The maximum atomic E-state index is 11.5. The van der Waals surface area contributed by atoms with Gasteiger partial charge in [0.1, 0.15) is 17.0 Å². The van der Waals surface area contributed by atoms with Crippen molar-refractivity contribution in [2.75, 3.05) is 14.2 Å². The van der Waals surface area contributed by atoms with Gasteiger partial charge in [0.15, 0.2) is 0 Å². The molecule has 1 unspecified atom stereocenters. The Morgan fingerprint density at radius 2 is 2.06 bits per heavy atom. The van der Waals surface area contributed by atoms with Gasteiger partial charge in [-0.25, -0.2) is 4.79 Å². The molecule has 0 heterocycles. The second-order valence-electron chi connectivity index (χ2n) is 4.51. The SMILES string of the molecule is COc1ccc(C(N)(C(=O)O)C2CC2)c(OC)c1. The highest BCUT2D eigenvalue weighted by molar-refractivity contribution is 5.82. The first-order chi connectivity index (χ1) is 8.53. The fourth-order valence-electron chi connectivity index (χ4n) is 2.19. The number of nitrogens with two attached hydrogens (primary N) is 1. The Balaban J connectivity index is 2.51. The number of aliphatic carboxylic acids is 1. The van der Waals surface area contributed by atoms with E-state index in [2.05, 4.69) is 0 Å².